The number of nitrogens with zero attached hydrogens (tertiary/aromatic N) is 3. The Balaban J connectivity index is 1.54. The number of amides is 1. The number of methoxy groups -OCH3 is 1. The van der Waals surface area contributed by atoms with Crippen LogP contribution in [0.25, 0.3) is 11.0 Å². The minimum atomic E-state index is -0.501. The van der Waals surface area contributed by atoms with Gasteiger partial charge in [-0.3, -0.25) is 0 Å². The molecule has 7 nitrogen and oxygen atoms in total. The van der Waals surface area contributed by atoms with E-state index in [1.165, 1.54) is 0 Å². The summed E-state index contributed by atoms with van der Waals surface area (Å²) in [7, 11) is 1.67. The molecule has 4 rings (SSSR count). The van der Waals surface area contributed by atoms with Gasteiger partial charge in [0.05, 0.1) is 30.7 Å². The van der Waals surface area contributed by atoms with Gasteiger partial charge in [-0.05, 0) is 69.9 Å². The van der Waals surface area contributed by atoms with Gasteiger partial charge in [-0.2, -0.15) is 0 Å². The highest BCUT2D eigenvalue weighted by Gasteiger charge is 2.30. The lowest BCUT2D eigenvalue weighted by Crippen LogP contribution is -2.49. The third-order valence-corrected chi connectivity index (χ3v) is 5.91. The van der Waals surface area contributed by atoms with Gasteiger partial charge in [0.2, 0.25) is 5.95 Å². The summed E-state index contributed by atoms with van der Waals surface area (Å²) in [6.45, 7) is 7.76. The van der Waals surface area contributed by atoms with Gasteiger partial charge in [-0.15, -0.1) is 0 Å². The first-order valence-corrected chi connectivity index (χ1v) is 11.7. The summed E-state index contributed by atoms with van der Waals surface area (Å²) in [5.41, 5.74) is 2.68. The number of nitrogens with one attached hydrogen (secondary N) is 1. The molecule has 0 radical (unpaired) electrons. The number of carbonyl (C=O) groups excluding carboxylic acids is 1. The molecule has 1 saturated heterocycles. The first-order valence-electron chi connectivity index (χ1n) is 11.7. The van der Waals surface area contributed by atoms with Gasteiger partial charge in [0.25, 0.3) is 0 Å². The third-order valence-electron chi connectivity index (χ3n) is 5.91. The highest BCUT2D eigenvalue weighted by Crippen LogP contribution is 2.24. The summed E-state index contributed by atoms with van der Waals surface area (Å²) >= 11 is 0. The van der Waals surface area contributed by atoms with Crippen molar-refractivity contribution in [2.75, 3.05) is 25.5 Å². The molecule has 1 fully saturated rings. The number of ether oxygens (including phenoxy) is 2. The summed E-state index contributed by atoms with van der Waals surface area (Å²) < 4.78 is 13.1. The van der Waals surface area contributed by atoms with E-state index in [9.17, 15) is 4.79 Å². The number of benzene rings is 2. The van der Waals surface area contributed by atoms with E-state index in [0.29, 0.717) is 13.1 Å². The fraction of sp³-hybridized carbons (Fsp3) is 0.462. The number of hydrogen-bond donors (Lipinski definition) is 1. The Morgan fingerprint density at radius 1 is 1.12 bits per heavy atom. The molecule has 7 heteroatoms. The molecule has 1 amide bonds. The highest BCUT2D eigenvalue weighted by molar-refractivity contribution is 5.78. The fourth-order valence-electron chi connectivity index (χ4n) is 4.27. The molecule has 1 N–H and O–H groups in total. The SMILES string of the molecule is COc1ccc(Cn2c(NC[C@@H]3CCCCN3C(=O)OC(C)(C)C)nc3ccccc32)cc1. The van der Waals surface area contributed by atoms with Crippen LogP contribution in [-0.4, -0.2) is 52.4 Å². The smallest absolute Gasteiger partial charge is 0.410 e. The number of aromatic nitrogens is 2. The summed E-state index contributed by atoms with van der Waals surface area (Å²) in [5.74, 6) is 1.65. The Labute approximate surface area is 195 Å². The highest BCUT2D eigenvalue weighted by atomic mass is 16.6. The molecule has 1 aromatic heterocycles. The molecule has 3 aromatic rings. The molecule has 2 heterocycles. The van der Waals surface area contributed by atoms with Gasteiger partial charge in [-0.25, -0.2) is 9.78 Å². The van der Waals surface area contributed by atoms with Gasteiger partial charge in [-0.1, -0.05) is 24.3 Å². The standard InChI is InChI=1S/C26H34N4O3/c1-26(2,3)33-25(31)29-16-8-7-9-20(29)17-27-24-28-22-10-5-6-11-23(22)30(24)18-19-12-14-21(32-4)15-13-19/h5-6,10-15,20H,7-9,16-18H2,1-4H3,(H,27,28)/t20-/m0/s1. The van der Waals surface area contributed by atoms with Gasteiger partial charge in [0.15, 0.2) is 0 Å². The first-order chi connectivity index (χ1) is 15.8. The van der Waals surface area contributed by atoms with Crippen molar-refractivity contribution < 1.29 is 14.3 Å². The van der Waals surface area contributed by atoms with Crippen molar-refractivity contribution in [2.24, 2.45) is 0 Å². The van der Waals surface area contributed by atoms with Crippen LogP contribution in [-0.2, 0) is 11.3 Å². The predicted octanol–water partition coefficient (Wildman–Crippen LogP) is 5.29. The van der Waals surface area contributed by atoms with Crippen LogP contribution in [0, 0.1) is 0 Å². The number of anilines is 1. The molecule has 0 spiro atoms. The third kappa shape index (κ3) is 5.59. The zero-order chi connectivity index (χ0) is 23.4. The van der Waals surface area contributed by atoms with Crippen LogP contribution < -0.4 is 10.1 Å². The van der Waals surface area contributed by atoms with Crippen LogP contribution in [0.4, 0.5) is 10.7 Å². The lowest BCUT2D eigenvalue weighted by Gasteiger charge is -2.36. The molecule has 1 atom stereocenters. The van der Waals surface area contributed by atoms with E-state index in [1.807, 2.05) is 56.0 Å². The summed E-state index contributed by atoms with van der Waals surface area (Å²) in [5, 5.41) is 3.54. The van der Waals surface area contributed by atoms with Crippen molar-refractivity contribution in [3.8, 4) is 5.75 Å². The van der Waals surface area contributed by atoms with Crippen LogP contribution in [0.3, 0.4) is 0 Å². The van der Waals surface area contributed by atoms with E-state index in [0.717, 1.165) is 54.1 Å². The van der Waals surface area contributed by atoms with E-state index >= 15 is 0 Å². The number of imidazole rings is 1. The number of piperidine rings is 1. The fourth-order valence-corrected chi connectivity index (χ4v) is 4.27. The van der Waals surface area contributed by atoms with Crippen molar-refractivity contribution in [3.05, 3.63) is 54.1 Å². The van der Waals surface area contributed by atoms with Crippen LogP contribution >= 0.6 is 0 Å². The minimum Gasteiger partial charge on any atom is -0.497 e. The summed E-state index contributed by atoms with van der Waals surface area (Å²) in [6.07, 6.45) is 2.82. The van der Waals surface area contributed by atoms with E-state index in [4.69, 9.17) is 14.5 Å². The molecule has 1 aliphatic heterocycles. The topological polar surface area (TPSA) is 68.6 Å². The number of para-hydroxylation sites is 2. The second kappa shape index (κ2) is 9.73. The summed E-state index contributed by atoms with van der Waals surface area (Å²) in [6, 6.07) is 16.3. The maximum atomic E-state index is 12.8. The van der Waals surface area contributed by atoms with Crippen LogP contribution in [0.5, 0.6) is 5.75 Å². The number of hydrogen-bond acceptors (Lipinski definition) is 5. The lowest BCUT2D eigenvalue weighted by molar-refractivity contribution is 0.0114. The normalized spacial score (nSPS) is 16.6. The Morgan fingerprint density at radius 2 is 1.88 bits per heavy atom. The number of fused-ring (bicyclic) bond motifs is 1. The molecule has 0 bridgehead atoms. The first kappa shape index (κ1) is 23.0. The Morgan fingerprint density at radius 3 is 2.61 bits per heavy atom. The number of carbonyl (C=O) groups is 1. The zero-order valence-corrected chi connectivity index (χ0v) is 20.0. The minimum absolute atomic E-state index is 0.0721. The van der Waals surface area contributed by atoms with Gasteiger partial charge >= 0.3 is 6.09 Å². The lowest BCUT2D eigenvalue weighted by atomic mass is 10.0. The average molecular weight is 451 g/mol. The van der Waals surface area contributed by atoms with Crippen molar-refractivity contribution in [1.82, 2.24) is 14.5 Å². The monoisotopic (exact) mass is 450 g/mol. The Bertz CT molecular complexity index is 1090. The van der Waals surface area contributed by atoms with E-state index in [1.54, 1.807) is 7.11 Å². The van der Waals surface area contributed by atoms with Crippen molar-refractivity contribution in [2.45, 2.75) is 58.2 Å². The van der Waals surface area contributed by atoms with Crippen LogP contribution in [0.15, 0.2) is 48.5 Å². The largest absolute Gasteiger partial charge is 0.497 e. The molecule has 1 aliphatic rings. The molecule has 0 saturated carbocycles. The maximum Gasteiger partial charge on any atom is 0.410 e. The van der Waals surface area contributed by atoms with Gasteiger partial charge in [0, 0.05) is 13.1 Å². The van der Waals surface area contributed by atoms with E-state index in [2.05, 4.69) is 28.1 Å². The maximum absolute atomic E-state index is 12.8. The molecule has 176 valence electrons. The van der Waals surface area contributed by atoms with Crippen LogP contribution in [0.1, 0.15) is 45.6 Å². The van der Waals surface area contributed by atoms with Crippen molar-refractivity contribution in [1.29, 1.82) is 0 Å². The zero-order valence-electron chi connectivity index (χ0n) is 20.0. The van der Waals surface area contributed by atoms with E-state index < -0.39 is 5.60 Å². The molecule has 0 unspecified atom stereocenters. The van der Waals surface area contributed by atoms with E-state index in [-0.39, 0.29) is 12.1 Å². The van der Waals surface area contributed by atoms with Gasteiger partial charge in [0.1, 0.15) is 11.4 Å². The molecular formula is C26H34N4O3. The second-order valence-electron chi connectivity index (χ2n) is 9.56. The quantitative estimate of drug-likeness (QED) is 0.552. The number of likely N-dealkylation sites (tertiary alicyclic amines) is 1. The Kier molecular flexibility index (Phi) is 6.77. The Hall–Kier alpha value is -3.22. The average Bonchev–Trinajstić information content (AvgIpc) is 3.14. The molecule has 2 aromatic carbocycles. The number of rotatable bonds is 6. The predicted molar refractivity (Wildman–Crippen MR) is 131 cm³/mol. The summed E-state index contributed by atoms with van der Waals surface area (Å²) in [4.78, 5) is 19.5. The van der Waals surface area contributed by atoms with Crippen molar-refractivity contribution in [3.63, 3.8) is 0 Å². The molecule has 0 aliphatic carbocycles. The second-order valence-corrected chi connectivity index (χ2v) is 9.56. The molecule has 33 heavy (non-hydrogen) atoms. The van der Waals surface area contributed by atoms with Crippen LogP contribution in [0.2, 0.25) is 0 Å². The van der Waals surface area contributed by atoms with Gasteiger partial charge < -0.3 is 24.3 Å². The molecular weight excluding hydrogens is 416 g/mol. The van der Waals surface area contributed by atoms with Crippen molar-refractivity contribution >= 4 is 23.1 Å².